The number of benzene rings is 2. The van der Waals surface area contributed by atoms with Crippen LogP contribution in [0.15, 0.2) is 53.3 Å². The maximum atomic E-state index is 12.8. The summed E-state index contributed by atoms with van der Waals surface area (Å²) in [6.07, 6.45) is 0.0138. The Kier molecular flexibility index (Phi) is 3.06. The molecule has 114 valence electrons. The molecule has 1 aliphatic heterocycles. The fourth-order valence-corrected chi connectivity index (χ4v) is 2.94. The molecule has 1 aromatic heterocycles. The third-order valence-electron chi connectivity index (χ3n) is 3.73. The molecule has 0 fully saturated rings. The minimum absolute atomic E-state index is 0.0138. The molecule has 2 heterocycles. The van der Waals surface area contributed by atoms with Crippen molar-refractivity contribution in [1.29, 1.82) is 0 Å². The molecule has 2 aromatic carbocycles. The maximum Gasteiger partial charge on any atom is 0.348 e. The Hall–Kier alpha value is -2.86. The summed E-state index contributed by atoms with van der Waals surface area (Å²) in [6.45, 7) is 0. The lowest BCUT2D eigenvalue weighted by Crippen LogP contribution is -2.26. The predicted molar refractivity (Wildman–Crippen MR) is 86.5 cm³/mol. The highest BCUT2D eigenvalue weighted by atomic mass is 35.5. The molecule has 0 unspecified atom stereocenters. The van der Waals surface area contributed by atoms with Gasteiger partial charge in [-0.1, -0.05) is 29.8 Å². The van der Waals surface area contributed by atoms with Crippen molar-refractivity contribution in [2.75, 3.05) is 4.90 Å². The van der Waals surface area contributed by atoms with Gasteiger partial charge in [0.1, 0.15) is 5.82 Å². The number of aromatic nitrogens is 3. The van der Waals surface area contributed by atoms with E-state index in [1.165, 1.54) is 4.57 Å². The molecular weight excluding hydrogens is 316 g/mol. The van der Waals surface area contributed by atoms with E-state index >= 15 is 0 Å². The summed E-state index contributed by atoms with van der Waals surface area (Å²) in [5, 5.41) is 6.82. The van der Waals surface area contributed by atoms with Crippen molar-refractivity contribution >= 4 is 28.9 Å². The van der Waals surface area contributed by atoms with Crippen LogP contribution in [0.5, 0.6) is 0 Å². The molecule has 1 N–H and O–H groups in total. The molecule has 23 heavy (non-hydrogen) atoms. The normalized spacial score (nSPS) is 13.4. The van der Waals surface area contributed by atoms with Crippen LogP contribution in [0.4, 0.5) is 11.4 Å². The topological polar surface area (TPSA) is 71.0 Å². The summed E-state index contributed by atoms with van der Waals surface area (Å²) in [5.74, 6) is 0.194. The SMILES string of the molecule is O=C1Cc2n[nH]c(=O)n2-c2cc(Cl)ccc2N1c1ccccc1. The van der Waals surface area contributed by atoms with Crippen molar-refractivity contribution in [2.24, 2.45) is 0 Å². The number of aromatic amines is 1. The second-order valence-electron chi connectivity index (χ2n) is 5.15. The van der Waals surface area contributed by atoms with Gasteiger partial charge in [-0.3, -0.25) is 9.69 Å². The summed E-state index contributed by atoms with van der Waals surface area (Å²) in [7, 11) is 0. The Labute approximate surface area is 135 Å². The number of para-hydroxylation sites is 1. The molecule has 0 aliphatic carbocycles. The van der Waals surface area contributed by atoms with Crippen molar-refractivity contribution < 1.29 is 4.79 Å². The average molecular weight is 327 g/mol. The third-order valence-corrected chi connectivity index (χ3v) is 3.97. The van der Waals surface area contributed by atoms with E-state index in [1.54, 1.807) is 23.1 Å². The summed E-state index contributed by atoms with van der Waals surface area (Å²) in [6, 6.07) is 14.4. The number of amides is 1. The second-order valence-corrected chi connectivity index (χ2v) is 5.59. The zero-order valence-corrected chi connectivity index (χ0v) is 12.6. The maximum absolute atomic E-state index is 12.8. The molecule has 0 radical (unpaired) electrons. The first-order valence-electron chi connectivity index (χ1n) is 6.99. The van der Waals surface area contributed by atoms with Gasteiger partial charge >= 0.3 is 5.69 Å². The third kappa shape index (κ3) is 2.15. The van der Waals surface area contributed by atoms with Gasteiger partial charge in [0.05, 0.1) is 17.8 Å². The standard InChI is InChI=1S/C16H11ClN4O2/c17-10-6-7-12-13(8-10)21-14(18-19-16(21)23)9-15(22)20(12)11-4-2-1-3-5-11/h1-8H,9H2,(H,19,23). The molecule has 6 nitrogen and oxygen atoms in total. The molecular formula is C16H11ClN4O2. The van der Waals surface area contributed by atoms with E-state index in [9.17, 15) is 9.59 Å². The molecule has 0 bridgehead atoms. The van der Waals surface area contributed by atoms with Crippen molar-refractivity contribution in [3.63, 3.8) is 0 Å². The van der Waals surface area contributed by atoms with Gasteiger partial charge in [0, 0.05) is 10.7 Å². The van der Waals surface area contributed by atoms with Crippen molar-refractivity contribution in [1.82, 2.24) is 14.8 Å². The lowest BCUT2D eigenvalue weighted by atomic mass is 10.2. The number of H-pyrrole nitrogens is 1. The van der Waals surface area contributed by atoms with Crippen LogP contribution < -0.4 is 10.6 Å². The smallest absolute Gasteiger partial charge is 0.279 e. The van der Waals surface area contributed by atoms with E-state index < -0.39 is 5.69 Å². The molecule has 0 spiro atoms. The van der Waals surface area contributed by atoms with Gasteiger partial charge in [-0.25, -0.2) is 14.5 Å². The minimum Gasteiger partial charge on any atom is -0.279 e. The number of carbonyl (C=O) groups is 1. The highest BCUT2D eigenvalue weighted by molar-refractivity contribution is 6.31. The molecule has 4 rings (SSSR count). The van der Waals surface area contributed by atoms with Crippen LogP contribution >= 0.6 is 11.6 Å². The predicted octanol–water partition coefficient (Wildman–Crippen LogP) is 2.43. The first-order valence-corrected chi connectivity index (χ1v) is 7.37. The number of hydrogen-bond acceptors (Lipinski definition) is 3. The number of fused-ring (bicyclic) bond motifs is 3. The van der Waals surface area contributed by atoms with Gasteiger partial charge in [0.15, 0.2) is 0 Å². The monoisotopic (exact) mass is 326 g/mol. The number of halogens is 1. The minimum atomic E-state index is -0.397. The van der Waals surface area contributed by atoms with Crippen LogP contribution in [0.1, 0.15) is 5.82 Å². The van der Waals surface area contributed by atoms with E-state index in [-0.39, 0.29) is 12.3 Å². The quantitative estimate of drug-likeness (QED) is 0.746. The first kappa shape index (κ1) is 13.8. The summed E-state index contributed by atoms with van der Waals surface area (Å²) < 4.78 is 1.39. The highest BCUT2D eigenvalue weighted by Gasteiger charge is 2.29. The average Bonchev–Trinajstić information content (AvgIpc) is 2.84. The Morgan fingerprint density at radius 1 is 1.04 bits per heavy atom. The second kappa shape index (κ2) is 5.10. The summed E-state index contributed by atoms with van der Waals surface area (Å²) >= 11 is 6.10. The van der Waals surface area contributed by atoms with Gasteiger partial charge in [-0.2, -0.15) is 5.10 Å². The Morgan fingerprint density at radius 3 is 2.61 bits per heavy atom. The lowest BCUT2D eigenvalue weighted by Gasteiger charge is -2.23. The van der Waals surface area contributed by atoms with E-state index in [0.717, 1.165) is 5.69 Å². The van der Waals surface area contributed by atoms with Crippen molar-refractivity contribution in [3.8, 4) is 5.69 Å². The number of hydrogen-bond donors (Lipinski definition) is 1. The Bertz CT molecular complexity index is 962. The molecule has 0 saturated heterocycles. The fraction of sp³-hybridized carbons (Fsp3) is 0.0625. The number of nitrogens with zero attached hydrogens (tertiary/aromatic N) is 3. The summed E-state index contributed by atoms with van der Waals surface area (Å²) in [4.78, 5) is 26.5. The first-order chi connectivity index (χ1) is 11.1. The van der Waals surface area contributed by atoms with Gasteiger partial charge in [-0.15, -0.1) is 0 Å². The fourth-order valence-electron chi connectivity index (χ4n) is 2.77. The molecule has 3 aromatic rings. The van der Waals surface area contributed by atoms with Gasteiger partial charge in [0.25, 0.3) is 0 Å². The molecule has 7 heteroatoms. The van der Waals surface area contributed by atoms with Crippen molar-refractivity contribution in [2.45, 2.75) is 6.42 Å². The van der Waals surface area contributed by atoms with E-state index in [4.69, 9.17) is 11.6 Å². The number of rotatable bonds is 1. The Balaban J connectivity index is 2.04. The number of carbonyl (C=O) groups excluding carboxylic acids is 1. The molecule has 0 atom stereocenters. The summed E-state index contributed by atoms with van der Waals surface area (Å²) in [5.41, 5.74) is 1.45. The van der Waals surface area contributed by atoms with Crippen LogP contribution in [0, 0.1) is 0 Å². The van der Waals surface area contributed by atoms with Gasteiger partial charge < -0.3 is 0 Å². The lowest BCUT2D eigenvalue weighted by molar-refractivity contribution is -0.117. The van der Waals surface area contributed by atoms with E-state index in [0.29, 0.717) is 22.2 Å². The van der Waals surface area contributed by atoms with Crippen LogP contribution in [0.3, 0.4) is 0 Å². The van der Waals surface area contributed by atoms with Crippen molar-refractivity contribution in [3.05, 3.63) is 69.9 Å². The largest absolute Gasteiger partial charge is 0.348 e. The van der Waals surface area contributed by atoms with Crippen LogP contribution in [0.25, 0.3) is 5.69 Å². The zero-order valence-electron chi connectivity index (χ0n) is 11.9. The van der Waals surface area contributed by atoms with E-state index in [2.05, 4.69) is 10.2 Å². The van der Waals surface area contributed by atoms with E-state index in [1.807, 2.05) is 30.3 Å². The van der Waals surface area contributed by atoms with Crippen LogP contribution in [0.2, 0.25) is 5.02 Å². The van der Waals surface area contributed by atoms with Gasteiger partial charge in [0.2, 0.25) is 5.91 Å². The number of nitrogens with one attached hydrogen (secondary N) is 1. The molecule has 1 amide bonds. The molecule has 1 aliphatic rings. The zero-order chi connectivity index (χ0) is 16.0. The molecule has 0 saturated carbocycles. The van der Waals surface area contributed by atoms with Gasteiger partial charge in [-0.05, 0) is 30.3 Å². The highest BCUT2D eigenvalue weighted by Crippen LogP contribution is 2.35. The number of anilines is 2. The van der Waals surface area contributed by atoms with Crippen LogP contribution in [-0.2, 0) is 11.2 Å². The van der Waals surface area contributed by atoms with Crippen LogP contribution in [-0.4, -0.2) is 20.7 Å². The Morgan fingerprint density at radius 2 is 1.83 bits per heavy atom.